The summed E-state index contributed by atoms with van der Waals surface area (Å²) in [5.41, 5.74) is -0.840. The molecule has 94 valence electrons. The molecule has 0 aliphatic carbocycles. The number of rotatable bonds is 3. The first kappa shape index (κ1) is 13.3. The highest BCUT2D eigenvalue weighted by atomic mass is 16.6. The predicted molar refractivity (Wildman–Crippen MR) is 61.3 cm³/mol. The van der Waals surface area contributed by atoms with Gasteiger partial charge in [-0.05, 0) is 40.2 Å². The quantitative estimate of drug-likeness (QED) is 0.665. The van der Waals surface area contributed by atoms with Gasteiger partial charge in [-0.3, -0.25) is 0 Å². The summed E-state index contributed by atoms with van der Waals surface area (Å²) >= 11 is 0. The van der Waals surface area contributed by atoms with E-state index in [-0.39, 0.29) is 12.1 Å². The number of hydrogen-bond acceptors (Lipinski definition) is 4. The van der Waals surface area contributed by atoms with E-state index >= 15 is 0 Å². The maximum Gasteiger partial charge on any atom is 0.408 e. The van der Waals surface area contributed by atoms with Crippen molar-refractivity contribution < 1.29 is 14.6 Å². The third-order valence-corrected chi connectivity index (χ3v) is 2.60. The fraction of sp³-hybridized carbons (Fsp3) is 0.909. The van der Waals surface area contributed by atoms with Crippen molar-refractivity contribution in [2.45, 2.75) is 44.8 Å². The lowest BCUT2D eigenvalue weighted by Crippen LogP contribution is -2.52. The molecule has 1 amide bonds. The van der Waals surface area contributed by atoms with Crippen LogP contribution in [0.25, 0.3) is 0 Å². The highest BCUT2D eigenvalue weighted by Crippen LogP contribution is 2.19. The number of carbonyl (C=O) groups is 1. The molecule has 1 aliphatic rings. The second-order valence-corrected chi connectivity index (χ2v) is 5.31. The minimum Gasteiger partial charge on any atom is -0.444 e. The molecule has 16 heavy (non-hydrogen) atoms. The molecule has 0 unspecified atom stereocenters. The third-order valence-electron chi connectivity index (χ3n) is 2.60. The van der Waals surface area contributed by atoms with Crippen molar-refractivity contribution in [2.75, 3.05) is 19.7 Å². The molecule has 1 atom stereocenters. The molecule has 1 saturated heterocycles. The van der Waals surface area contributed by atoms with Crippen molar-refractivity contribution in [1.82, 2.24) is 10.6 Å². The zero-order valence-electron chi connectivity index (χ0n) is 10.3. The van der Waals surface area contributed by atoms with Crippen molar-refractivity contribution in [3.05, 3.63) is 0 Å². The van der Waals surface area contributed by atoms with Gasteiger partial charge >= 0.3 is 6.09 Å². The Morgan fingerprint density at radius 3 is 2.69 bits per heavy atom. The van der Waals surface area contributed by atoms with Crippen molar-refractivity contribution in [1.29, 1.82) is 0 Å². The predicted octanol–water partition coefficient (Wildman–Crippen LogP) is 0.626. The Morgan fingerprint density at radius 1 is 1.56 bits per heavy atom. The number of ether oxygens (including phenoxy) is 1. The van der Waals surface area contributed by atoms with Crippen LogP contribution in [-0.4, -0.2) is 42.0 Å². The molecule has 3 N–H and O–H groups in total. The second-order valence-electron chi connectivity index (χ2n) is 5.31. The standard InChI is InChI=1S/C11H22N2O3/c1-10(2,3)16-9(15)13-11(5-7-14)4-6-12-8-11/h12,14H,4-8H2,1-3H3,(H,13,15)/t11-/m0/s1. The van der Waals surface area contributed by atoms with Crippen LogP contribution in [0.1, 0.15) is 33.6 Å². The molecule has 0 saturated carbocycles. The minimum absolute atomic E-state index is 0.0669. The Kier molecular flexibility index (Phi) is 4.15. The lowest BCUT2D eigenvalue weighted by molar-refractivity contribution is 0.0448. The summed E-state index contributed by atoms with van der Waals surface area (Å²) in [5.74, 6) is 0. The van der Waals surface area contributed by atoms with E-state index in [1.165, 1.54) is 0 Å². The summed E-state index contributed by atoms with van der Waals surface area (Å²) in [5, 5.41) is 15.1. The first-order valence-electron chi connectivity index (χ1n) is 5.70. The summed E-state index contributed by atoms with van der Waals surface area (Å²) < 4.78 is 5.21. The van der Waals surface area contributed by atoms with Crippen LogP contribution in [0.5, 0.6) is 0 Å². The Hall–Kier alpha value is -0.810. The monoisotopic (exact) mass is 230 g/mol. The van der Waals surface area contributed by atoms with Gasteiger partial charge in [0.2, 0.25) is 0 Å². The molecule has 1 rings (SSSR count). The van der Waals surface area contributed by atoms with E-state index in [1.54, 1.807) is 0 Å². The van der Waals surface area contributed by atoms with Crippen molar-refractivity contribution >= 4 is 6.09 Å². The molecule has 0 aromatic heterocycles. The highest BCUT2D eigenvalue weighted by Gasteiger charge is 2.36. The van der Waals surface area contributed by atoms with Crippen molar-refractivity contribution in [3.8, 4) is 0 Å². The minimum atomic E-state index is -0.490. The van der Waals surface area contributed by atoms with Gasteiger partial charge in [-0.15, -0.1) is 0 Å². The van der Waals surface area contributed by atoms with Crippen LogP contribution in [0, 0.1) is 0 Å². The van der Waals surface area contributed by atoms with Gasteiger partial charge in [0.05, 0.1) is 5.54 Å². The average Bonchev–Trinajstić information content (AvgIpc) is 2.49. The van der Waals surface area contributed by atoms with Gasteiger partial charge in [-0.1, -0.05) is 0 Å². The van der Waals surface area contributed by atoms with E-state index in [0.717, 1.165) is 13.0 Å². The zero-order valence-corrected chi connectivity index (χ0v) is 10.3. The lowest BCUT2D eigenvalue weighted by Gasteiger charge is -2.30. The highest BCUT2D eigenvalue weighted by molar-refractivity contribution is 5.69. The fourth-order valence-electron chi connectivity index (χ4n) is 1.86. The van der Waals surface area contributed by atoms with Gasteiger partial charge in [-0.25, -0.2) is 4.79 Å². The summed E-state index contributed by atoms with van der Waals surface area (Å²) in [4.78, 5) is 11.7. The maximum absolute atomic E-state index is 11.7. The lowest BCUT2D eigenvalue weighted by atomic mass is 9.95. The van der Waals surface area contributed by atoms with Crippen LogP contribution in [-0.2, 0) is 4.74 Å². The normalized spacial score (nSPS) is 25.5. The van der Waals surface area contributed by atoms with E-state index in [1.807, 2.05) is 20.8 Å². The largest absolute Gasteiger partial charge is 0.444 e. The average molecular weight is 230 g/mol. The molecular weight excluding hydrogens is 208 g/mol. The SMILES string of the molecule is CC(C)(C)OC(=O)N[C@]1(CCO)CCNC1. The molecule has 1 heterocycles. The molecule has 1 fully saturated rings. The number of nitrogens with one attached hydrogen (secondary N) is 2. The van der Waals surface area contributed by atoms with Crippen molar-refractivity contribution in [2.24, 2.45) is 0 Å². The van der Waals surface area contributed by atoms with Gasteiger partial charge in [0.1, 0.15) is 5.60 Å². The number of alkyl carbamates (subject to hydrolysis) is 1. The van der Waals surface area contributed by atoms with Crippen LogP contribution in [0.15, 0.2) is 0 Å². The number of amides is 1. The Morgan fingerprint density at radius 2 is 2.25 bits per heavy atom. The number of aliphatic hydroxyl groups is 1. The van der Waals surface area contributed by atoms with E-state index in [9.17, 15) is 4.79 Å². The van der Waals surface area contributed by atoms with Gasteiger partial charge in [0.15, 0.2) is 0 Å². The summed E-state index contributed by atoms with van der Waals surface area (Å²) in [7, 11) is 0. The maximum atomic E-state index is 11.7. The van der Waals surface area contributed by atoms with Gasteiger partial charge in [-0.2, -0.15) is 0 Å². The Labute approximate surface area is 96.6 Å². The zero-order chi connectivity index (χ0) is 12.2. The first-order valence-corrected chi connectivity index (χ1v) is 5.70. The Bertz CT molecular complexity index is 242. The number of carbonyl (C=O) groups excluding carboxylic acids is 1. The molecule has 0 aromatic carbocycles. The first-order chi connectivity index (χ1) is 7.37. The van der Waals surface area contributed by atoms with E-state index in [0.29, 0.717) is 13.0 Å². The fourth-order valence-corrected chi connectivity index (χ4v) is 1.86. The van der Waals surface area contributed by atoms with Crippen molar-refractivity contribution in [3.63, 3.8) is 0 Å². The van der Waals surface area contributed by atoms with Crippen LogP contribution < -0.4 is 10.6 Å². The molecule has 1 aliphatic heterocycles. The summed E-state index contributed by atoms with van der Waals surface area (Å²) in [6.07, 6.45) is 0.969. The van der Waals surface area contributed by atoms with E-state index < -0.39 is 11.7 Å². The van der Waals surface area contributed by atoms with Gasteiger partial charge in [0, 0.05) is 13.2 Å². The molecule has 5 heteroatoms. The topological polar surface area (TPSA) is 70.6 Å². The van der Waals surface area contributed by atoms with E-state index in [4.69, 9.17) is 9.84 Å². The smallest absolute Gasteiger partial charge is 0.408 e. The van der Waals surface area contributed by atoms with Crippen LogP contribution in [0.2, 0.25) is 0 Å². The second kappa shape index (κ2) is 5.01. The van der Waals surface area contributed by atoms with Gasteiger partial charge in [0.25, 0.3) is 0 Å². The van der Waals surface area contributed by atoms with Crippen LogP contribution >= 0.6 is 0 Å². The molecule has 0 radical (unpaired) electrons. The molecule has 5 nitrogen and oxygen atoms in total. The molecular formula is C11H22N2O3. The van der Waals surface area contributed by atoms with Gasteiger partial charge < -0.3 is 20.5 Å². The molecule has 0 bridgehead atoms. The molecule has 0 aromatic rings. The Balaban J connectivity index is 2.52. The third kappa shape index (κ3) is 3.98. The molecule has 0 spiro atoms. The summed E-state index contributed by atoms with van der Waals surface area (Å²) in [6.45, 7) is 7.11. The van der Waals surface area contributed by atoms with Crippen LogP contribution in [0.3, 0.4) is 0 Å². The van der Waals surface area contributed by atoms with Crippen LogP contribution in [0.4, 0.5) is 4.79 Å². The van der Waals surface area contributed by atoms with E-state index in [2.05, 4.69) is 10.6 Å². The summed E-state index contributed by atoms with van der Waals surface area (Å²) in [6, 6.07) is 0. The number of aliphatic hydroxyl groups excluding tert-OH is 1. The number of hydrogen-bond donors (Lipinski definition) is 3.